The number of para-hydroxylation sites is 2. The molecule has 0 fully saturated rings. The van der Waals surface area contributed by atoms with Crippen LogP contribution in [-0.4, -0.2) is 0 Å². The highest BCUT2D eigenvalue weighted by Gasteiger charge is 2.05. The molecule has 5 aromatic carbocycles. The predicted octanol–water partition coefficient (Wildman–Crippen LogP) is 8.86. The van der Waals surface area contributed by atoms with E-state index in [-0.39, 0.29) is 0 Å². The molecule has 5 aromatic rings. The minimum atomic E-state index is 0.658. The second-order valence-electron chi connectivity index (χ2n) is 7.46. The van der Waals surface area contributed by atoms with Gasteiger partial charge >= 0.3 is 0 Å². The minimum Gasteiger partial charge on any atom is -0.457 e. The van der Waals surface area contributed by atoms with E-state index in [1.54, 1.807) is 0 Å². The average molecular weight is 447 g/mol. The molecule has 0 aliphatic rings. The van der Waals surface area contributed by atoms with Gasteiger partial charge in [-0.25, -0.2) is 0 Å². The molecule has 166 valence electrons. The summed E-state index contributed by atoms with van der Waals surface area (Å²) in [4.78, 5) is 0. The van der Waals surface area contributed by atoms with Gasteiger partial charge in [0, 0.05) is 18.2 Å². The molecule has 0 amide bonds. The van der Waals surface area contributed by atoms with Crippen molar-refractivity contribution >= 4 is 0 Å². The van der Waals surface area contributed by atoms with Crippen molar-refractivity contribution in [3.05, 3.63) is 133 Å². The summed E-state index contributed by atoms with van der Waals surface area (Å²) in [5.41, 5.74) is 0. The lowest BCUT2D eigenvalue weighted by atomic mass is 10.3. The molecule has 0 aliphatic heterocycles. The molecule has 0 aromatic heterocycles. The highest BCUT2D eigenvalue weighted by atomic mass is 16.5. The van der Waals surface area contributed by atoms with Crippen LogP contribution in [0.2, 0.25) is 0 Å². The Morgan fingerprint density at radius 2 is 0.471 bits per heavy atom. The number of hydrogen-bond acceptors (Lipinski definition) is 4. The zero-order valence-corrected chi connectivity index (χ0v) is 18.3. The third kappa shape index (κ3) is 5.75. The smallest absolute Gasteiger partial charge is 0.131 e. The summed E-state index contributed by atoms with van der Waals surface area (Å²) in [6.45, 7) is 0. The molecule has 4 nitrogen and oxygen atoms in total. The summed E-state index contributed by atoms with van der Waals surface area (Å²) in [6, 6.07) is 41.8. The first-order chi connectivity index (χ1) is 16.8. The van der Waals surface area contributed by atoms with Gasteiger partial charge in [0.25, 0.3) is 0 Å². The van der Waals surface area contributed by atoms with Crippen molar-refractivity contribution in [1.82, 2.24) is 0 Å². The van der Waals surface area contributed by atoms with E-state index in [1.165, 1.54) is 0 Å². The highest BCUT2D eigenvalue weighted by molar-refractivity contribution is 5.43. The van der Waals surface area contributed by atoms with Crippen LogP contribution < -0.4 is 18.9 Å². The lowest BCUT2D eigenvalue weighted by molar-refractivity contribution is 0.447. The molecule has 4 heteroatoms. The summed E-state index contributed by atoms with van der Waals surface area (Å²) < 4.78 is 23.9. The Balaban J connectivity index is 1.26. The average Bonchev–Trinajstić information content (AvgIpc) is 2.86. The van der Waals surface area contributed by atoms with Crippen molar-refractivity contribution in [3.63, 3.8) is 0 Å². The predicted molar refractivity (Wildman–Crippen MR) is 133 cm³/mol. The first-order valence-corrected chi connectivity index (χ1v) is 10.9. The van der Waals surface area contributed by atoms with Crippen molar-refractivity contribution in [3.8, 4) is 46.0 Å². The van der Waals surface area contributed by atoms with E-state index in [1.807, 2.05) is 133 Å². The normalized spacial score (nSPS) is 10.4. The van der Waals surface area contributed by atoms with Crippen molar-refractivity contribution in [2.45, 2.75) is 0 Å². The maximum Gasteiger partial charge on any atom is 0.131 e. The second kappa shape index (κ2) is 10.3. The topological polar surface area (TPSA) is 36.9 Å². The Hall–Kier alpha value is -4.70. The maximum atomic E-state index is 6.05. The van der Waals surface area contributed by atoms with E-state index in [0.29, 0.717) is 34.5 Å². The molecule has 0 atom stereocenters. The summed E-state index contributed by atoms with van der Waals surface area (Å²) in [7, 11) is 0. The number of hydrogen-bond donors (Lipinski definition) is 0. The highest BCUT2D eigenvalue weighted by Crippen LogP contribution is 2.32. The van der Waals surface area contributed by atoms with Crippen LogP contribution in [0.4, 0.5) is 0 Å². The summed E-state index contributed by atoms with van der Waals surface area (Å²) in [6.07, 6.45) is 0. The molecule has 0 saturated heterocycles. The van der Waals surface area contributed by atoms with Gasteiger partial charge in [-0.2, -0.15) is 0 Å². The van der Waals surface area contributed by atoms with Crippen LogP contribution in [0.5, 0.6) is 46.0 Å². The van der Waals surface area contributed by atoms with E-state index in [2.05, 4.69) is 0 Å². The van der Waals surface area contributed by atoms with Crippen LogP contribution in [0, 0.1) is 0 Å². The van der Waals surface area contributed by atoms with Crippen LogP contribution >= 0.6 is 0 Å². The lowest BCUT2D eigenvalue weighted by Gasteiger charge is -2.11. The van der Waals surface area contributed by atoms with Gasteiger partial charge < -0.3 is 18.9 Å². The summed E-state index contributed by atoms with van der Waals surface area (Å²) in [5, 5.41) is 0. The third-order valence-electron chi connectivity index (χ3n) is 4.85. The van der Waals surface area contributed by atoms with Crippen LogP contribution in [-0.2, 0) is 0 Å². The molecule has 34 heavy (non-hydrogen) atoms. The van der Waals surface area contributed by atoms with Crippen LogP contribution in [0.15, 0.2) is 133 Å². The molecule has 0 bridgehead atoms. The Labute approximate surface area is 198 Å². The third-order valence-corrected chi connectivity index (χ3v) is 4.85. The molecule has 0 aliphatic carbocycles. The molecule has 5 rings (SSSR count). The van der Waals surface area contributed by atoms with E-state index in [9.17, 15) is 0 Å². The second-order valence-corrected chi connectivity index (χ2v) is 7.46. The fourth-order valence-corrected chi connectivity index (χ4v) is 3.32. The van der Waals surface area contributed by atoms with Gasteiger partial charge in [0.15, 0.2) is 0 Å². The molecule has 0 saturated carbocycles. The minimum absolute atomic E-state index is 0.658. The van der Waals surface area contributed by atoms with Crippen molar-refractivity contribution in [2.24, 2.45) is 0 Å². The fraction of sp³-hybridized carbons (Fsp3) is 0. The molecule has 0 N–H and O–H groups in total. The van der Waals surface area contributed by atoms with Gasteiger partial charge in [-0.15, -0.1) is 0 Å². The van der Waals surface area contributed by atoms with E-state index in [0.717, 1.165) is 11.5 Å². The van der Waals surface area contributed by atoms with E-state index >= 15 is 0 Å². The van der Waals surface area contributed by atoms with Gasteiger partial charge in [0.05, 0.1) is 0 Å². The summed E-state index contributed by atoms with van der Waals surface area (Å²) >= 11 is 0. The van der Waals surface area contributed by atoms with Gasteiger partial charge in [0.2, 0.25) is 0 Å². The zero-order valence-electron chi connectivity index (χ0n) is 18.3. The number of ether oxygens (including phenoxy) is 4. The molecular weight excluding hydrogens is 424 g/mol. The van der Waals surface area contributed by atoms with Crippen molar-refractivity contribution < 1.29 is 18.9 Å². The molecular formula is C30H22O4. The van der Waals surface area contributed by atoms with E-state index < -0.39 is 0 Å². The Morgan fingerprint density at radius 1 is 0.235 bits per heavy atom. The fourth-order valence-electron chi connectivity index (χ4n) is 3.32. The summed E-state index contributed by atoms with van der Waals surface area (Å²) in [5.74, 6) is 5.60. The molecule has 0 heterocycles. The lowest BCUT2D eigenvalue weighted by Crippen LogP contribution is -1.89. The quantitative estimate of drug-likeness (QED) is 0.238. The van der Waals surface area contributed by atoms with E-state index in [4.69, 9.17) is 18.9 Å². The largest absolute Gasteiger partial charge is 0.457 e. The SMILES string of the molecule is c1ccc(Oc2cccc(Oc3cccc(Oc4cccc(Oc5ccccc5)c4)c3)c2)cc1. The van der Waals surface area contributed by atoms with Gasteiger partial charge in [-0.05, 0) is 60.7 Å². The Morgan fingerprint density at radius 3 is 0.765 bits per heavy atom. The van der Waals surface area contributed by atoms with Crippen LogP contribution in [0.25, 0.3) is 0 Å². The van der Waals surface area contributed by atoms with Crippen LogP contribution in [0.1, 0.15) is 0 Å². The maximum absolute atomic E-state index is 6.05. The number of benzene rings is 5. The molecule has 0 spiro atoms. The monoisotopic (exact) mass is 446 g/mol. The van der Waals surface area contributed by atoms with Gasteiger partial charge in [-0.3, -0.25) is 0 Å². The molecule has 0 radical (unpaired) electrons. The van der Waals surface area contributed by atoms with Crippen LogP contribution in [0.3, 0.4) is 0 Å². The van der Waals surface area contributed by atoms with Crippen molar-refractivity contribution in [1.29, 1.82) is 0 Å². The Kier molecular flexibility index (Phi) is 6.40. The first kappa shape index (κ1) is 21.2. The van der Waals surface area contributed by atoms with Gasteiger partial charge in [-0.1, -0.05) is 54.6 Å². The molecule has 0 unspecified atom stereocenters. The van der Waals surface area contributed by atoms with Crippen molar-refractivity contribution in [2.75, 3.05) is 0 Å². The Bertz CT molecular complexity index is 1250. The number of rotatable bonds is 8. The zero-order chi connectivity index (χ0) is 23.0. The first-order valence-electron chi connectivity index (χ1n) is 10.9. The van der Waals surface area contributed by atoms with Gasteiger partial charge in [0.1, 0.15) is 46.0 Å². The standard InChI is InChI=1S/C30H22O4/c1-3-10-23(11-4-1)31-25-14-7-16-27(20-25)33-29-18-9-19-30(22-29)34-28-17-8-15-26(21-28)32-24-12-5-2-6-13-24/h1-22H.